The number of ether oxygens (including phenoxy) is 2. The molecule has 9 nitrogen and oxygen atoms in total. The van der Waals surface area contributed by atoms with Crippen LogP contribution >= 0.6 is 11.6 Å². The lowest BCUT2D eigenvalue weighted by Gasteiger charge is -2.11. The molecule has 0 aliphatic heterocycles. The minimum Gasteiger partial charge on any atom is -0.494 e. The van der Waals surface area contributed by atoms with Gasteiger partial charge in [0.15, 0.2) is 6.61 Å². The Morgan fingerprint density at radius 1 is 1.06 bits per heavy atom. The Balaban J connectivity index is 1.94. The molecular formula is C23H27ClN4O5. The maximum atomic E-state index is 12.2. The fraction of sp³-hybridized carbons (Fsp3) is 0.304. The first kappa shape index (κ1) is 25.7. The van der Waals surface area contributed by atoms with Gasteiger partial charge in [0.1, 0.15) is 11.5 Å². The largest absolute Gasteiger partial charge is 0.494 e. The van der Waals surface area contributed by atoms with Crippen molar-refractivity contribution in [1.82, 2.24) is 10.7 Å². The molecule has 10 heteroatoms. The lowest BCUT2D eigenvalue weighted by molar-refractivity contribution is -0.139. The first-order valence-corrected chi connectivity index (χ1v) is 10.8. The van der Waals surface area contributed by atoms with Crippen molar-refractivity contribution in [2.45, 2.75) is 33.2 Å². The van der Waals surface area contributed by atoms with Crippen molar-refractivity contribution in [3.63, 3.8) is 0 Å². The number of hydrazone groups is 1. The summed E-state index contributed by atoms with van der Waals surface area (Å²) in [6.07, 6.45) is 1.97. The van der Waals surface area contributed by atoms with Gasteiger partial charge in [-0.15, -0.1) is 0 Å². The van der Waals surface area contributed by atoms with Crippen molar-refractivity contribution in [1.29, 1.82) is 0 Å². The standard InChI is InChI=1S/C23H27ClN4O5/c1-4-15(3)26-22(30)23(31)28-25-13-16-12-17(24)6-11-20(16)33-14-21(29)27-18-7-9-19(10-8-18)32-5-2/h6-13,15H,4-5,14H2,1-3H3,(H,26,30)(H,27,29)(H,28,31)/b25-13-/t15-/m1/s1. The highest BCUT2D eigenvalue weighted by atomic mass is 35.5. The van der Waals surface area contributed by atoms with Gasteiger partial charge in [-0.2, -0.15) is 5.10 Å². The minimum absolute atomic E-state index is 0.131. The SMILES string of the molecule is CCOc1ccc(NC(=O)COc2ccc(Cl)cc2/C=N\NC(=O)C(=O)N[C@H](C)CC)cc1. The number of hydrogen-bond donors (Lipinski definition) is 3. The van der Waals surface area contributed by atoms with E-state index in [4.69, 9.17) is 21.1 Å². The van der Waals surface area contributed by atoms with Gasteiger partial charge >= 0.3 is 11.8 Å². The average molecular weight is 475 g/mol. The molecule has 2 aromatic carbocycles. The highest BCUT2D eigenvalue weighted by Crippen LogP contribution is 2.22. The summed E-state index contributed by atoms with van der Waals surface area (Å²) in [5.41, 5.74) is 3.16. The van der Waals surface area contributed by atoms with Crippen molar-refractivity contribution >= 4 is 41.2 Å². The number of halogens is 1. The van der Waals surface area contributed by atoms with E-state index < -0.39 is 11.8 Å². The van der Waals surface area contributed by atoms with Crippen molar-refractivity contribution in [2.24, 2.45) is 5.10 Å². The van der Waals surface area contributed by atoms with Crippen LogP contribution in [0, 0.1) is 0 Å². The molecule has 3 N–H and O–H groups in total. The van der Waals surface area contributed by atoms with Crippen LogP contribution in [-0.4, -0.2) is 43.2 Å². The number of nitrogens with one attached hydrogen (secondary N) is 3. The maximum absolute atomic E-state index is 12.2. The van der Waals surface area contributed by atoms with Gasteiger partial charge in [-0.25, -0.2) is 5.43 Å². The molecule has 0 bridgehead atoms. The predicted octanol–water partition coefficient (Wildman–Crippen LogP) is 3.12. The summed E-state index contributed by atoms with van der Waals surface area (Å²) in [7, 11) is 0. The van der Waals surface area contributed by atoms with E-state index in [2.05, 4.69) is 21.2 Å². The van der Waals surface area contributed by atoms with Crippen LogP contribution in [0.2, 0.25) is 5.02 Å². The molecule has 0 aliphatic rings. The van der Waals surface area contributed by atoms with Crippen molar-refractivity contribution < 1.29 is 23.9 Å². The molecule has 1 atom stereocenters. The Bertz CT molecular complexity index is 995. The highest BCUT2D eigenvalue weighted by molar-refractivity contribution is 6.35. The van der Waals surface area contributed by atoms with Gasteiger partial charge in [0.25, 0.3) is 5.91 Å². The summed E-state index contributed by atoms with van der Waals surface area (Å²) in [6.45, 7) is 5.86. The first-order chi connectivity index (χ1) is 15.8. The molecule has 176 valence electrons. The van der Waals surface area contributed by atoms with Crippen LogP contribution in [0.4, 0.5) is 5.69 Å². The van der Waals surface area contributed by atoms with Crippen LogP contribution in [0.25, 0.3) is 0 Å². The molecule has 2 rings (SSSR count). The van der Waals surface area contributed by atoms with Gasteiger partial charge < -0.3 is 20.1 Å². The molecular weight excluding hydrogens is 448 g/mol. The summed E-state index contributed by atoms with van der Waals surface area (Å²) >= 11 is 6.03. The molecule has 0 heterocycles. The number of amides is 3. The van der Waals surface area contributed by atoms with Gasteiger partial charge in [0.2, 0.25) is 0 Å². The Hall–Kier alpha value is -3.59. The van der Waals surface area contributed by atoms with Crippen LogP contribution in [0.5, 0.6) is 11.5 Å². The molecule has 0 aliphatic carbocycles. The van der Waals surface area contributed by atoms with Gasteiger partial charge in [0, 0.05) is 22.3 Å². The molecule has 0 aromatic heterocycles. The predicted molar refractivity (Wildman–Crippen MR) is 127 cm³/mol. The number of benzene rings is 2. The normalized spacial score (nSPS) is 11.5. The molecule has 0 radical (unpaired) electrons. The molecule has 33 heavy (non-hydrogen) atoms. The van der Waals surface area contributed by atoms with Crippen LogP contribution in [0.3, 0.4) is 0 Å². The van der Waals surface area contributed by atoms with E-state index in [1.54, 1.807) is 49.4 Å². The second-order valence-electron chi connectivity index (χ2n) is 6.96. The van der Waals surface area contributed by atoms with Gasteiger partial charge in [0.05, 0.1) is 12.8 Å². The number of anilines is 1. The topological polar surface area (TPSA) is 118 Å². The molecule has 0 fully saturated rings. The van der Waals surface area contributed by atoms with Crippen molar-refractivity contribution in [3.05, 3.63) is 53.1 Å². The molecule has 0 unspecified atom stereocenters. The summed E-state index contributed by atoms with van der Waals surface area (Å²) in [6, 6.07) is 11.6. The molecule has 0 spiro atoms. The molecule has 0 saturated carbocycles. The monoisotopic (exact) mass is 474 g/mol. The van der Waals surface area contributed by atoms with Gasteiger partial charge in [-0.3, -0.25) is 14.4 Å². The van der Waals surface area contributed by atoms with Crippen LogP contribution in [0.1, 0.15) is 32.8 Å². The van der Waals surface area contributed by atoms with Crippen molar-refractivity contribution in [2.75, 3.05) is 18.5 Å². The van der Waals surface area contributed by atoms with E-state index >= 15 is 0 Å². The number of carbonyl (C=O) groups is 3. The smallest absolute Gasteiger partial charge is 0.329 e. The number of nitrogens with zero attached hydrogens (tertiary/aromatic N) is 1. The highest BCUT2D eigenvalue weighted by Gasteiger charge is 2.14. The third-order valence-electron chi connectivity index (χ3n) is 4.35. The fourth-order valence-corrected chi connectivity index (χ4v) is 2.68. The molecule has 3 amide bonds. The fourth-order valence-electron chi connectivity index (χ4n) is 2.50. The Morgan fingerprint density at radius 3 is 2.45 bits per heavy atom. The third-order valence-corrected chi connectivity index (χ3v) is 4.58. The quantitative estimate of drug-likeness (QED) is 0.278. The minimum atomic E-state index is -0.897. The third kappa shape index (κ3) is 8.82. The summed E-state index contributed by atoms with van der Waals surface area (Å²) < 4.78 is 10.9. The Kier molecular flexibility index (Phi) is 10.2. The second kappa shape index (κ2) is 13.1. The number of rotatable bonds is 10. The lowest BCUT2D eigenvalue weighted by atomic mass is 10.2. The van der Waals surface area contributed by atoms with Crippen molar-refractivity contribution in [3.8, 4) is 11.5 Å². The number of carbonyl (C=O) groups excluding carboxylic acids is 3. The first-order valence-electron chi connectivity index (χ1n) is 10.4. The van der Waals surface area contributed by atoms with E-state index in [1.807, 2.05) is 13.8 Å². The van der Waals surface area contributed by atoms with E-state index in [9.17, 15) is 14.4 Å². The number of hydrogen-bond acceptors (Lipinski definition) is 6. The summed E-state index contributed by atoms with van der Waals surface area (Å²) in [4.78, 5) is 35.8. The van der Waals surface area contributed by atoms with E-state index in [-0.39, 0.29) is 18.6 Å². The van der Waals surface area contributed by atoms with Crippen LogP contribution in [0.15, 0.2) is 47.6 Å². The van der Waals surface area contributed by atoms with E-state index in [1.165, 1.54) is 6.21 Å². The Labute approximate surface area is 197 Å². The van der Waals surface area contributed by atoms with E-state index in [0.717, 1.165) is 0 Å². The van der Waals surface area contributed by atoms with Gasteiger partial charge in [-0.05, 0) is 62.7 Å². The maximum Gasteiger partial charge on any atom is 0.329 e. The van der Waals surface area contributed by atoms with E-state index in [0.29, 0.717) is 40.8 Å². The summed E-state index contributed by atoms with van der Waals surface area (Å²) in [5, 5.41) is 9.45. The zero-order chi connectivity index (χ0) is 24.2. The van der Waals surface area contributed by atoms with Crippen LogP contribution < -0.4 is 25.5 Å². The zero-order valence-electron chi connectivity index (χ0n) is 18.7. The molecule has 2 aromatic rings. The van der Waals surface area contributed by atoms with Crippen LogP contribution in [-0.2, 0) is 14.4 Å². The summed E-state index contributed by atoms with van der Waals surface area (Å²) in [5.74, 6) is -1.02. The zero-order valence-corrected chi connectivity index (χ0v) is 19.4. The lowest BCUT2D eigenvalue weighted by Crippen LogP contribution is -2.41. The molecule has 0 saturated heterocycles. The van der Waals surface area contributed by atoms with Gasteiger partial charge in [-0.1, -0.05) is 18.5 Å². The average Bonchev–Trinajstić information content (AvgIpc) is 2.79. The second-order valence-corrected chi connectivity index (χ2v) is 7.39. The Morgan fingerprint density at radius 2 is 1.79 bits per heavy atom.